The molecular formula is C15H28N4. The number of rotatable bonds is 6. The molecule has 0 saturated carbocycles. The summed E-state index contributed by atoms with van der Waals surface area (Å²) in [4.78, 5) is 9.21. The molecule has 0 spiro atoms. The lowest BCUT2D eigenvalue weighted by molar-refractivity contribution is 0.172. The zero-order chi connectivity index (χ0) is 14.6. The van der Waals surface area contributed by atoms with Crippen LogP contribution in [0.5, 0.6) is 0 Å². The van der Waals surface area contributed by atoms with Crippen LogP contribution in [-0.2, 0) is 6.54 Å². The highest BCUT2D eigenvalue weighted by atomic mass is 15.2. The van der Waals surface area contributed by atoms with Crippen LogP contribution in [0.25, 0.3) is 0 Å². The lowest BCUT2D eigenvalue weighted by Crippen LogP contribution is -2.39. The quantitative estimate of drug-likeness (QED) is 0.854. The van der Waals surface area contributed by atoms with Gasteiger partial charge in [0.2, 0.25) is 0 Å². The summed E-state index contributed by atoms with van der Waals surface area (Å²) in [6.07, 6.45) is 1.88. The second kappa shape index (κ2) is 6.87. The maximum Gasteiger partial charge on any atom is 0.0593 e. The lowest BCUT2D eigenvalue weighted by atomic mass is 10.1. The molecule has 2 N–H and O–H groups in total. The Kier molecular flexibility index (Phi) is 5.76. The van der Waals surface area contributed by atoms with Gasteiger partial charge in [-0.2, -0.15) is 0 Å². The van der Waals surface area contributed by atoms with Crippen LogP contribution in [-0.4, -0.2) is 48.0 Å². The smallest absolute Gasteiger partial charge is 0.0593 e. The molecule has 0 aromatic carbocycles. The Morgan fingerprint density at radius 2 is 1.95 bits per heavy atom. The number of nitrogens with zero attached hydrogens (tertiary/aromatic N) is 3. The van der Waals surface area contributed by atoms with E-state index in [1.807, 2.05) is 13.1 Å². The molecule has 4 heteroatoms. The van der Waals surface area contributed by atoms with Gasteiger partial charge in [-0.3, -0.25) is 9.88 Å². The van der Waals surface area contributed by atoms with Gasteiger partial charge < -0.3 is 10.6 Å². The molecule has 1 rings (SSSR count). The van der Waals surface area contributed by atoms with Crippen molar-refractivity contribution in [3.8, 4) is 0 Å². The summed E-state index contributed by atoms with van der Waals surface area (Å²) in [6.45, 7) is 11.5. The van der Waals surface area contributed by atoms with Crippen LogP contribution >= 0.6 is 0 Å². The maximum atomic E-state index is 6.09. The number of nitrogens with two attached hydrogens (primary N) is 1. The molecular weight excluding hydrogens is 236 g/mol. The summed E-state index contributed by atoms with van der Waals surface area (Å²) in [5, 5.41) is 0. The van der Waals surface area contributed by atoms with Crippen LogP contribution in [0, 0.1) is 13.8 Å². The molecule has 108 valence electrons. The highest BCUT2D eigenvalue weighted by Crippen LogP contribution is 2.19. The Balaban J connectivity index is 2.84. The fourth-order valence-electron chi connectivity index (χ4n) is 2.37. The van der Waals surface area contributed by atoms with Gasteiger partial charge in [0.05, 0.1) is 5.69 Å². The van der Waals surface area contributed by atoms with Crippen LogP contribution in [0.2, 0.25) is 0 Å². The van der Waals surface area contributed by atoms with E-state index in [-0.39, 0.29) is 0 Å². The van der Waals surface area contributed by atoms with Crippen LogP contribution in [0.4, 0.5) is 5.69 Å². The zero-order valence-corrected chi connectivity index (χ0v) is 13.2. The standard InChI is InChI=1S/C15H28N4/c1-7-19(12(3)9-18(5)6)10-14-13(4)15(16)11(2)8-17-14/h8,12H,7,9-10H2,1-6H3,(H2,16,17). The fourth-order valence-corrected chi connectivity index (χ4v) is 2.37. The van der Waals surface area contributed by atoms with Gasteiger partial charge in [-0.25, -0.2) is 0 Å². The summed E-state index contributed by atoms with van der Waals surface area (Å²) in [7, 11) is 4.22. The van der Waals surface area contributed by atoms with Crippen molar-refractivity contribution in [2.75, 3.05) is 32.9 Å². The minimum Gasteiger partial charge on any atom is -0.398 e. The molecule has 19 heavy (non-hydrogen) atoms. The lowest BCUT2D eigenvalue weighted by Gasteiger charge is -2.30. The molecule has 0 amide bonds. The Morgan fingerprint density at radius 1 is 1.32 bits per heavy atom. The molecule has 0 fully saturated rings. The van der Waals surface area contributed by atoms with E-state index in [2.05, 4.69) is 49.7 Å². The second-order valence-corrected chi connectivity index (χ2v) is 5.60. The van der Waals surface area contributed by atoms with Crippen LogP contribution in [0.3, 0.4) is 0 Å². The van der Waals surface area contributed by atoms with Gasteiger partial charge in [0.1, 0.15) is 0 Å². The molecule has 1 atom stereocenters. The van der Waals surface area contributed by atoms with Crippen molar-refractivity contribution in [2.24, 2.45) is 0 Å². The molecule has 4 nitrogen and oxygen atoms in total. The van der Waals surface area contributed by atoms with E-state index in [1.54, 1.807) is 0 Å². The normalized spacial score (nSPS) is 13.3. The van der Waals surface area contributed by atoms with E-state index in [0.717, 1.165) is 42.1 Å². The summed E-state index contributed by atoms with van der Waals surface area (Å²) >= 11 is 0. The molecule has 0 saturated heterocycles. The minimum atomic E-state index is 0.503. The van der Waals surface area contributed by atoms with E-state index >= 15 is 0 Å². The molecule has 0 aliphatic rings. The van der Waals surface area contributed by atoms with E-state index in [9.17, 15) is 0 Å². The maximum absolute atomic E-state index is 6.09. The first-order valence-electron chi connectivity index (χ1n) is 6.96. The fraction of sp³-hybridized carbons (Fsp3) is 0.667. The van der Waals surface area contributed by atoms with E-state index in [0.29, 0.717) is 6.04 Å². The second-order valence-electron chi connectivity index (χ2n) is 5.60. The molecule has 1 heterocycles. The first kappa shape index (κ1) is 15.9. The Labute approximate surface area is 117 Å². The number of hydrogen-bond acceptors (Lipinski definition) is 4. The van der Waals surface area contributed by atoms with Crippen molar-refractivity contribution < 1.29 is 0 Å². The van der Waals surface area contributed by atoms with Gasteiger partial charge in [-0.15, -0.1) is 0 Å². The van der Waals surface area contributed by atoms with Crippen molar-refractivity contribution in [1.82, 2.24) is 14.8 Å². The molecule has 0 aliphatic heterocycles. The topological polar surface area (TPSA) is 45.4 Å². The Bertz CT molecular complexity index is 415. The van der Waals surface area contributed by atoms with Gasteiger partial charge in [-0.1, -0.05) is 6.92 Å². The summed E-state index contributed by atoms with van der Waals surface area (Å²) in [5.74, 6) is 0. The molecule has 0 radical (unpaired) electrons. The monoisotopic (exact) mass is 264 g/mol. The first-order chi connectivity index (χ1) is 8.86. The number of anilines is 1. The third-order valence-corrected chi connectivity index (χ3v) is 3.69. The van der Waals surface area contributed by atoms with Crippen LogP contribution in [0.15, 0.2) is 6.20 Å². The highest BCUT2D eigenvalue weighted by molar-refractivity contribution is 5.53. The van der Waals surface area contributed by atoms with Gasteiger partial charge in [0, 0.05) is 31.0 Å². The summed E-state index contributed by atoms with van der Waals surface area (Å²) < 4.78 is 0. The summed E-state index contributed by atoms with van der Waals surface area (Å²) in [5.41, 5.74) is 10.2. The average molecular weight is 264 g/mol. The van der Waals surface area contributed by atoms with Gasteiger partial charge in [0.25, 0.3) is 0 Å². The molecule has 1 aromatic rings. The van der Waals surface area contributed by atoms with Crippen molar-refractivity contribution in [2.45, 2.75) is 40.3 Å². The first-order valence-corrected chi connectivity index (χ1v) is 6.96. The predicted molar refractivity (Wildman–Crippen MR) is 82.2 cm³/mol. The Hall–Kier alpha value is -1.13. The van der Waals surface area contributed by atoms with Crippen LogP contribution in [0.1, 0.15) is 30.7 Å². The third-order valence-electron chi connectivity index (χ3n) is 3.69. The van der Waals surface area contributed by atoms with Crippen molar-refractivity contribution in [3.05, 3.63) is 23.0 Å². The average Bonchev–Trinajstić information content (AvgIpc) is 2.34. The molecule has 1 aromatic heterocycles. The highest BCUT2D eigenvalue weighted by Gasteiger charge is 2.16. The van der Waals surface area contributed by atoms with Crippen molar-refractivity contribution in [1.29, 1.82) is 0 Å². The van der Waals surface area contributed by atoms with Gasteiger partial charge in [0.15, 0.2) is 0 Å². The van der Waals surface area contributed by atoms with E-state index < -0.39 is 0 Å². The van der Waals surface area contributed by atoms with E-state index in [4.69, 9.17) is 5.73 Å². The number of nitrogen functional groups attached to an aromatic ring is 1. The van der Waals surface area contributed by atoms with Gasteiger partial charge in [-0.05, 0) is 52.5 Å². The van der Waals surface area contributed by atoms with E-state index in [1.165, 1.54) is 0 Å². The number of aromatic nitrogens is 1. The zero-order valence-electron chi connectivity index (χ0n) is 13.2. The van der Waals surface area contributed by atoms with Gasteiger partial charge >= 0.3 is 0 Å². The number of hydrogen-bond donors (Lipinski definition) is 1. The van der Waals surface area contributed by atoms with Crippen molar-refractivity contribution in [3.63, 3.8) is 0 Å². The SMILES string of the molecule is CCN(Cc1ncc(C)c(N)c1C)C(C)CN(C)C. The molecule has 0 aliphatic carbocycles. The molecule has 1 unspecified atom stereocenters. The number of aryl methyl sites for hydroxylation is 1. The van der Waals surface area contributed by atoms with Crippen LogP contribution < -0.4 is 5.73 Å². The summed E-state index contributed by atoms with van der Waals surface area (Å²) in [6, 6.07) is 0.503. The third kappa shape index (κ3) is 4.18. The minimum absolute atomic E-state index is 0.503. The Morgan fingerprint density at radius 3 is 2.47 bits per heavy atom. The largest absolute Gasteiger partial charge is 0.398 e. The van der Waals surface area contributed by atoms with Crippen molar-refractivity contribution >= 4 is 5.69 Å². The predicted octanol–water partition coefficient (Wildman–Crippen LogP) is 2.05. The number of pyridine rings is 1. The number of likely N-dealkylation sites (N-methyl/N-ethyl adjacent to an activating group) is 2. The molecule has 0 bridgehead atoms.